The second kappa shape index (κ2) is 8.13. The monoisotopic (exact) mass is 374 g/mol. The van der Waals surface area contributed by atoms with Crippen LogP contribution in [0.1, 0.15) is 28.8 Å². The van der Waals surface area contributed by atoms with Gasteiger partial charge in [0.15, 0.2) is 11.5 Å². The van der Waals surface area contributed by atoms with Crippen molar-refractivity contribution < 1.29 is 28.6 Å². The number of hydrogen-bond acceptors (Lipinski definition) is 6. The number of aromatic carboxylic acids is 1. The SMILES string of the molecule is COc1cc(CN2CCNC(=O)[C@H]2C)ccc1OCc1ccc(C(=O)O)o1. The van der Waals surface area contributed by atoms with E-state index in [9.17, 15) is 9.59 Å². The molecule has 0 aliphatic carbocycles. The second-order valence-corrected chi connectivity index (χ2v) is 6.28. The van der Waals surface area contributed by atoms with Crippen molar-refractivity contribution >= 4 is 11.9 Å². The first-order valence-electron chi connectivity index (χ1n) is 8.61. The molecule has 0 spiro atoms. The largest absolute Gasteiger partial charge is 0.493 e. The molecule has 0 radical (unpaired) electrons. The number of furan rings is 1. The summed E-state index contributed by atoms with van der Waals surface area (Å²) in [5, 5.41) is 11.7. The summed E-state index contributed by atoms with van der Waals surface area (Å²) < 4.78 is 16.3. The highest BCUT2D eigenvalue weighted by molar-refractivity contribution is 5.84. The maximum atomic E-state index is 11.8. The van der Waals surface area contributed by atoms with E-state index < -0.39 is 5.97 Å². The van der Waals surface area contributed by atoms with E-state index in [0.29, 0.717) is 30.3 Å². The van der Waals surface area contributed by atoms with Gasteiger partial charge >= 0.3 is 5.97 Å². The van der Waals surface area contributed by atoms with Gasteiger partial charge in [0.2, 0.25) is 11.7 Å². The summed E-state index contributed by atoms with van der Waals surface area (Å²) in [6.07, 6.45) is 0. The van der Waals surface area contributed by atoms with Crippen LogP contribution in [0.15, 0.2) is 34.7 Å². The predicted octanol–water partition coefficient (Wildman–Crippen LogP) is 1.89. The molecule has 1 fully saturated rings. The van der Waals surface area contributed by atoms with E-state index >= 15 is 0 Å². The molecule has 0 bridgehead atoms. The molecule has 1 aliphatic heterocycles. The van der Waals surface area contributed by atoms with Gasteiger partial charge in [0.05, 0.1) is 13.2 Å². The maximum absolute atomic E-state index is 11.8. The van der Waals surface area contributed by atoms with Crippen LogP contribution in [0.5, 0.6) is 11.5 Å². The van der Waals surface area contributed by atoms with Gasteiger partial charge in [-0.15, -0.1) is 0 Å². The summed E-state index contributed by atoms with van der Waals surface area (Å²) >= 11 is 0. The highest BCUT2D eigenvalue weighted by atomic mass is 16.5. The number of ether oxygens (including phenoxy) is 2. The van der Waals surface area contributed by atoms with Crippen molar-refractivity contribution in [3.05, 3.63) is 47.4 Å². The van der Waals surface area contributed by atoms with E-state index in [-0.39, 0.29) is 24.3 Å². The van der Waals surface area contributed by atoms with Gasteiger partial charge in [0.1, 0.15) is 12.4 Å². The van der Waals surface area contributed by atoms with Crippen LogP contribution in [-0.2, 0) is 17.9 Å². The van der Waals surface area contributed by atoms with E-state index in [1.165, 1.54) is 6.07 Å². The fourth-order valence-electron chi connectivity index (χ4n) is 2.93. The predicted molar refractivity (Wildman–Crippen MR) is 95.9 cm³/mol. The molecule has 3 rings (SSSR count). The maximum Gasteiger partial charge on any atom is 0.371 e. The number of nitrogens with one attached hydrogen (secondary N) is 1. The zero-order chi connectivity index (χ0) is 19.4. The first-order chi connectivity index (χ1) is 13.0. The number of nitrogens with zero attached hydrogens (tertiary/aromatic N) is 1. The van der Waals surface area contributed by atoms with Crippen molar-refractivity contribution in [2.45, 2.75) is 26.1 Å². The van der Waals surface area contributed by atoms with Crippen LogP contribution in [-0.4, -0.2) is 48.1 Å². The van der Waals surface area contributed by atoms with E-state index in [2.05, 4.69) is 10.2 Å². The van der Waals surface area contributed by atoms with Gasteiger partial charge in [0.25, 0.3) is 0 Å². The number of carbonyl (C=O) groups excluding carboxylic acids is 1. The highest BCUT2D eigenvalue weighted by Gasteiger charge is 2.25. The lowest BCUT2D eigenvalue weighted by Crippen LogP contribution is -2.53. The smallest absolute Gasteiger partial charge is 0.371 e. The van der Waals surface area contributed by atoms with E-state index in [1.807, 2.05) is 19.1 Å². The Hall–Kier alpha value is -3.00. The molecule has 1 aliphatic rings. The van der Waals surface area contributed by atoms with E-state index in [4.69, 9.17) is 19.0 Å². The van der Waals surface area contributed by atoms with Gasteiger partial charge in [-0.3, -0.25) is 9.69 Å². The third kappa shape index (κ3) is 4.40. The quantitative estimate of drug-likeness (QED) is 0.763. The Morgan fingerprint density at radius 3 is 2.85 bits per heavy atom. The number of amides is 1. The number of carboxylic acid groups (broad SMARTS) is 1. The Bertz CT molecular complexity index is 831. The minimum atomic E-state index is -1.12. The molecule has 0 saturated carbocycles. The number of methoxy groups -OCH3 is 1. The van der Waals surface area contributed by atoms with Crippen LogP contribution >= 0.6 is 0 Å². The first-order valence-corrected chi connectivity index (χ1v) is 8.61. The molecule has 8 heteroatoms. The van der Waals surface area contributed by atoms with Crippen LogP contribution in [0.25, 0.3) is 0 Å². The lowest BCUT2D eigenvalue weighted by atomic mass is 10.1. The van der Waals surface area contributed by atoms with E-state index in [1.54, 1.807) is 19.2 Å². The number of hydrogen-bond donors (Lipinski definition) is 2. The normalized spacial score (nSPS) is 17.4. The third-order valence-electron chi connectivity index (χ3n) is 4.48. The minimum Gasteiger partial charge on any atom is -0.493 e. The van der Waals surface area contributed by atoms with Crippen LogP contribution in [0, 0.1) is 0 Å². The molecular weight excluding hydrogens is 352 g/mol. The van der Waals surface area contributed by atoms with Crippen molar-refractivity contribution in [3.8, 4) is 11.5 Å². The molecule has 2 aromatic rings. The summed E-state index contributed by atoms with van der Waals surface area (Å²) in [6.45, 7) is 4.04. The lowest BCUT2D eigenvalue weighted by Gasteiger charge is -2.32. The number of piperazine rings is 1. The Kier molecular flexibility index (Phi) is 5.66. The summed E-state index contributed by atoms with van der Waals surface area (Å²) in [6, 6.07) is 8.36. The molecule has 27 heavy (non-hydrogen) atoms. The fraction of sp³-hybridized carbons (Fsp3) is 0.368. The standard InChI is InChI=1S/C19H22N2O6/c1-12-18(22)20-7-8-21(12)10-13-3-5-15(17(9-13)25-2)26-11-14-4-6-16(27-14)19(23)24/h3-6,9,12H,7-8,10-11H2,1-2H3,(H,20,22)(H,23,24)/t12-/m1/s1. The van der Waals surface area contributed by atoms with Crippen LogP contribution < -0.4 is 14.8 Å². The number of carboxylic acids is 1. The average Bonchev–Trinajstić information content (AvgIpc) is 3.13. The molecule has 1 aromatic heterocycles. The van der Waals surface area contributed by atoms with Crippen LogP contribution in [0.2, 0.25) is 0 Å². The number of benzene rings is 1. The van der Waals surface area contributed by atoms with Crippen LogP contribution in [0.3, 0.4) is 0 Å². The molecule has 1 aromatic carbocycles. The third-order valence-corrected chi connectivity index (χ3v) is 4.48. The molecule has 8 nitrogen and oxygen atoms in total. The number of carbonyl (C=O) groups is 2. The van der Waals surface area contributed by atoms with Gasteiger partial charge in [-0.2, -0.15) is 0 Å². The molecule has 0 unspecified atom stereocenters. The Morgan fingerprint density at radius 2 is 2.15 bits per heavy atom. The van der Waals surface area contributed by atoms with Crippen molar-refractivity contribution in [2.24, 2.45) is 0 Å². The molecule has 1 amide bonds. The molecule has 2 N–H and O–H groups in total. The average molecular weight is 374 g/mol. The van der Waals surface area contributed by atoms with Gasteiger partial charge in [-0.1, -0.05) is 6.07 Å². The Morgan fingerprint density at radius 1 is 1.33 bits per heavy atom. The summed E-state index contributed by atoms with van der Waals surface area (Å²) in [5.74, 6) is 0.282. The molecular formula is C19H22N2O6. The Labute approximate surface area is 156 Å². The minimum absolute atomic E-state index is 0.0346. The van der Waals surface area contributed by atoms with Crippen molar-refractivity contribution in [3.63, 3.8) is 0 Å². The molecule has 1 saturated heterocycles. The number of rotatable bonds is 7. The van der Waals surface area contributed by atoms with Crippen molar-refractivity contribution in [2.75, 3.05) is 20.2 Å². The summed E-state index contributed by atoms with van der Waals surface area (Å²) in [7, 11) is 1.55. The summed E-state index contributed by atoms with van der Waals surface area (Å²) in [5.41, 5.74) is 1.01. The topological polar surface area (TPSA) is 101 Å². The second-order valence-electron chi connectivity index (χ2n) is 6.28. The lowest BCUT2D eigenvalue weighted by molar-refractivity contribution is -0.128. The molecule has 1 atom stereocenters. The fourth-order valence-corrected chi connectivity index (χ4v) is 2.93. The van der Waals surface area contributed by atoms with Crippen molar-refractivity contribution in [1.82, 2.24) is 10.2 Å². The van der Waals surface area contributed by atoms with Gasteiger partial charge < -0.3 is 24.3 Å². The first kappa shape index (κ1) is 18.8. The Balaban J connectivity index is 1.66. The van der Waals surface area contributed by atoms with Crippen molar-refractivity contribution in [1.29, 1.82) is 0 Å². The van der Waals surface area contributed by atoms with Gasteiger partial charge in [-0.05, 0) is 36.8 Å². The van der Waals surface area contributed by atoms with Gasteiger partial charge in [-0.25, -0.2) is 4.79 Å². The van der Waals surface area contributed by atoms with E-state index in [0.717, 1.165) is 12.1 Å². The molecule has 2 heterocycles. The van der Waals surface area contributed by atoms with Gasteiger partial charge in [0, 0.05) is 19.6 Å². The highest BCUT2D eigenvalue weighted by Crippen LogP contribution is 2.30. The zero-order valence-corrected chi connectivity index (χ0v) is 15.2. The molecule has 144 valence electrons. The summed E-state index contributed by atoms with van der Waals surface area (Å²) in [4.78, 5) is 24.7. The zero-order valence-electron chi connectivity index (χ0n) is 15.2. The van der Waals surface area contributed by atoms with Crippen LogP contribution in [0.4, 0.5) is 0 Å².